The summed E-state index contributed by atoms with van der Waals surface area (Å²) in [5.74, 6) is -1.21. The summed E-state index contributed by atoms with van der Waals surface area (Å²) in [6, 6.07) is 4.63. The lowest BCUT2D eigenvalue weighted by molar-refractivity contribution is -0.157. The molecule has 2 unspecified atom stereocenters. The first-order valence-electron chi connectivity index (χ1n) is 8.26. The third kappa shape index (κ3) is 6.37. The highest BCUT2D eigenvalue weighted by Gasteiger charge is 2.21. The second-order valence-corrected chi connectivity index (χ2v) is 8.01. The van der Waals surface area contributed by atoms with Crippen LogP contribution in [-0.2, 0) is 28.8 Å². The molecule has 0 bridgehead atoms. The first-order valence-corrected chi connectivity index (χ1v) is 9.92. The second-order valence-electron chi connectivity index (χ2n) is 5.90. The van der Waals surface area contributed by atoms with Gasteiger partial charge in [0, 0.05) is 6.61 Å². The standard InChI is InChI=1S/C17H23FO6S/c1-13(24-12-15-4-2-9-22-15)17(19)23-10-3-11-25(20,21)16-7-5-14(18)6-8-16/h5-8,13,15H,2-4,9-12H2,1H3. The van der Waals surface area contributed by atoms with Crippen LogP contribution in [0.15, 0.2) is 29.2 Å². The number of benzene rings is 1. The molecule has 8 heteroatoms. The Balaban J connectivity index is 1.67. The Morgan fingerprint density at radius 2 is 2.08 bits per heavy atom. The lowest BCUT2D eigenvalue weighted by atomic mass is 10.2. The predicted octanol–water partition coefficient (Wildman–Crippen LogP) is 2.12. The zero-order valence-electron chi connectivity index (χ0n) is 14.1. The van der Waals surface area contributed by atoms with Crippen LogP contribution in [0.25, 0.3) is 0 Å². The maximum atomic E-state index is 12.8. The molecular weight excluding hydrogens is 351 g/mol. The molecule has 0 amide bonds. The number of hydrogen-bond acceptors (Lipinski definition) is 6. The highest BCUT2D eigenvalue weighted by atomic mass is 32.2. The summed E-state index contributed by atoms with van der Waals surface area (Å²) in [7, 11) is -3.52. The molecular formula is C17H23FO6S. The van der Waals surface area contributed by atoms with Gasteiger partial charge in [0.1, 0.15) is 5.82 Å². The molecule has 0 radical (unpaired) electrons. The quantitative estimate of drug-likeness (QED) is 0.374. The van der Waals surface area contributed by atoms with Crippen LogP contribution in [0.3, 0.4) is 0 Å². The van der Waals surface area contributed by atoms with Crippen molar-refractivity contribution in [3.63, 3.8) is 0 Å². The van der Waals surface area contributed by atoms with E-state index in [0.29, 0.717) is 6.61 Å². The number of ether oxygens (including phenoxy) is 3. The number of carbonyl (C=O) groups excluding carboxylic acids is 1. The predicted molar refractivity (Wildman–Crippen MR) is 88.4 cm³/mol. The first-order chi connectivity index (χ1) is 11.9. The smallest absolute Gasteiger partial charge is 0.334 e. The third-order valence-electron chi connectivity index (χ3n) is 3.86. The van der Waals surface area contributed by atoms with Gasteiger partial charge in [0.15, 0.2) is 15.9 Å². The number of hydrogen-bond donors (Lipinski definition) is 0. The van der Waals surface area contributed by atoms with Gasteiger partial charge in [-0.05, 0) is 50.5 Å². The Labute approximate surface area is 147 Å². The van der Waals surface area contributed by atoms with Crippen molar-refractivity contribution in [3.05, 3.63) is 30.1 Å². The van der Waals surface area contributed by atoms with Gasteiger partial charge >= 0.3 is 5.97 Å². The summed E-state index contributed by atoms with van der Waals surface area (Å²) in [4.78, 5) is 11.9. The Morgan fingerprint density at radius 3 is 2.72 bits per heavy atom. The van der Waals surface area contributed by atoms with Crippen molar-refractivity contribution in [1.29, 1.82) is 0 Å². The van der Waals surface area contributed by atoms with Crippen LogP contribution in [-0.4, -0.2) is 52.2 Å². The summed E-state index contributed by atoms with van der Waals surface area (Å²) in [5.41, 5.74) is 0. The van der Waals surface area contributed by atoms with Crippen molar-refractivity contribution in [2.24, 2.45) is 0 Å². The van der Waals surface area contributed by atoms with Gasteiger partial charge in [-0.2, -0.15) is 0 Å². The molecule has 0 aromatic heterocycles. The summed E-state index contributed by atoms with van der Waals surface area (Å²) >= 11 is 0. The Hall–Kier alpha value is -1.51. The summed E-state index contributed by atoms with van der Waals surface area (Å²) in [5, 5.41) is 0. The van der Waals surface area contributed by atoms with E-state index in [0.717, 1.165) is 31.6 Å². The molecule has 1 heterocycles. The molecule has 1 aromatic rings. The molecule has 1 fully saturated rings. The first kappa shape index (κ1) is 19.8. The van der Waals surface area contributed by atoms with Gasteiger partial charge in [-0.1, -0.05) is 0 Å². The fourth-order valence-corrected chi connectivity index (χ4v) is 3.68. The van der Waals surface area contributed by atoms with Crippen LogP contribution >= 0.6 is 0 Å². The lowest BCUT2D eigenvalue weighted by Crippen LogP contribution is -2.28. The van der Waals surface area contributed by atoms with E-state index in [2.05, 4.69) is 0 Å². The van der Waals surface area contributed by atoms with Gasteiger partial charge in [-0.3, -0.25) is 0 Å². The number of halogens is 1. The van der Waals surface area contributed by atoms with Gasteiger partial charge in [0.05, 0.1) is 30.0 Å². The maximum absolute atomic E-state index is 12.8. The Kier molecular flexibility index (Phi) is 7.34. The average molecular weight is 374 g/mol. The Morgan fingerprint density at radius 1 is 1.36 bits per heavy atom. The molecule has 25 heavy (non-hydrogen) atoms. The molecule has 0 saturated carbocycles. The highest BCUT2D eigenvalue weighted by molar-refractivity contribution is 7.91. The largest absolute Gasteiger partial charge is 0.464 e. The van der Waals surface area contributed by atoms with E-state index < -0.39 is 27.7 Å². The molecule has 0 spiro atoms. The van der Waals surface area contributed by atoms with Crippen LogP contribution in [0.4, 0.5) is 4.39 Å². The summed E-state index contributed by atoms with van der Waals surface area (Å²) < 4.78 is 52.8. The van der Waals surface area contributed by atoms with Gasteiger partial charge in [-0.25, -0.2) is 17.6 Å². The molecule has 140 valence electrons. The normalized spacial score (nSPS) is 18.9. The van der Waals surface area contributed by atoms with E-state index in [1.165, 1.54) is 12.1 Å². The molecule has 1 aliphatic rings. The van der Waals surface area contributed by atoms with Crippen molar-refractivity contribution in [2.45, 2.75) is 43.3 Å². The molecule has 1 saturated heterocycles. The van der Waals surface area contributed by atoms with Crippen molar-refractivity contribution in [3.8, 4) is 0 Å². The molecule has 1 aromatic carbocycles. The minimum Gasteiger partial charge on any atom is -0.464 e. The van der Waals surface area contributed by atoms with Crippen molar-refractivity contribution in [1.82, 2.24) is 0 Å². The van der Waals surface area contributed by atoms with E-state index in [9.17, 15) is 17.6 Å². The summed E-state index contributed by atoms with van der Waals surface area (Å²) in [6.07, 6.45) is 1.37. The van der Waals surface area contributed by atoms with E-state index in [4.69, 9.17) is 14.2 Å². The van der Waals surface area contributed by atoms with Crippen LogP contribution in [0.5, 0.6) is 0 Å². The highest BCUT2D eigenvalue weighted by Crippen LogP contribution is 2.14. The zero-order chi connectivity index (χ0) is 18.3. The molecule has 2 rings (SSSR count). The van der Waals surface area contributed by atoms with Crippen molar-refractivity contribution < 1.29 is 31.8 Å². The fourth-order valence-electron chi connectivity index (χ4n) is 2.39. The minimum absolute atomic E-state index is 0.0209. The molecule has 2 atom stereocenters. The fraction of sp³-hybridized carbons (Fsp3) is 0.588. The monoisotopic (exact) mass is 374 g/mol. The van der Waals surface area contributed by atoms with Crippen LogP contribution in [0.1, 0.15) is 26.2 Å². The second kappa shape index (κ2) is 9.26. The van der Waals surface area contributed by atoms with Gasteiger partial charge in [0.2, 0.25) is 0 Å². The van der Waals surface area contributed by atoms with Crippen molar-refractivity contribution in [2.75, 3.05) is 25.6 Å². The molecule has 6 nitrogen and oxygen atoms in total. The van der Waals surface area contributed by atoms with E-state index >= 15 is 0 Å². The number of sulfone groups is 1. The topological polar surface area (TPSA) is 78.9 Å². The average Bonchev–Trinajstić information content (AvgIpc) is 3.10. The third-order valence-corrected chi connectivity index (χ3v) is 5.68. The molecule has 0 aliphatic carbocycles. The number of carbonyl (C=O) groups is 1. The Bertz CT molecular complexity index is 652. The minimum atomic E-state index is -3.52. The molecule has 1 aliphatic heterocycles. The van der Waals surface area contributed by atoms with Gasteiger partial charge in [0.25, 0.3) is 0 Å². The SMILES string of the molecule is CC(OCC1CCCO1)C(=O)OCCCS(=O)(=O)c1ccc(F)cc1. The maximum Gasteiger partial charge on any atom is 0.334 e. The summed E-state index contributed by atoms with van der Waals surface area (Å²) in [6.45, 7) is 2.63. The van der Waals surface area contributed by atoms with Crippen molar-refractivity contribution >= 4 is 15.8 Å². The number of rotatable bonds is 9. The zero-order valence-corrected chi connectivity index (χ0v) is 15.0. The van der Waals surface area contributed by atoms with Gasteiger partial charge < -0.3 is 14.2 Å². The lowest BCUT2D eigenvalue weighted by Gasteiger charge is -2.15. The molecule has 0 N–H and O–H groups in total. The van der Waals surface area contributed by atoms with E-state index in [-0.39, 0.29) is 29.8 Å². The van der Waals surface area contributed by atoms with Crippen LogP contribution in [0, 0.1) is 5.82 Å². The van der Waals surface area contributed by atoms with E-state index in [1.807, 2.05) is 0 Å². The van der Waals surface area contributed by atoms with E-state index in [1.54, 1.807) is 6.92 Å². The number of esters is 1. The van der Waals surface area contributed by atoms with Crippen LogP contribution in [0.2, 0.25) is 0 Å². The van der Waals surface area contributed by atoms with Gasteiger partial charge in [-0.15, -0.1) is 0 Å². The van der Waals surface area contributed by atoms with Crippen LogP contribution < -0.4 is 0 Å².